The quantitative estimate of drug-likeness (QED) is 0.328. The van der Waals surface area contributed by atoms with Gasteiger partial charge in [0.15, 0.2) is 5.78 Å². The number of esters is 1. The Balaban J connectivity index is 1.38. The van der Waals surface area contributed by atoms with Crippen molar-refractivity contribution in [2.45, 2.75) is 89.0 Å². The second-order valence-corrected chi connectivity index (χ2v) is 10.5. The number of amides is 3. The fourth-order valence-corrected chi connectivity index (χ4v) is 5.58. The van der Waals surface area contributed by atoms with Crippen LogP contribution in [0, 0.1) is 5.92 Å². The number of likely N-dealkylation sites (N-methyl/N-ethyl adjacent to an activating group) is 1. The third-order valence-corrected chi connectivity index (χ3v) is 7.97. The molecule has 10 heteroatoms. The molecule has 0 radical (unpaired) electrons. The fourth-order valence-electron chi connectivity index (χ4n) is 5.58. The lowest BCUT2D eigenvalue weighted by molar-refractivity contribution is -0.144. The Morgan fingerprint density at radius 3 is 2.61 bits per heavy atom. The van der Waals surface area contributed by atoms with Gasteiger partial charge in [-0.25, -0.2) is 0 Å². The molecule has 38 heavy (non-hydrogen) atoms. The van der Waals surface area contributed by atoms with Gasteiger partial charge in [-0.3, -0.25) is 24.0 Å². The van der Waals surface area contributed by atoms with E-state index < -0.39 is 24.0 Å². The van der Waals surface area contributed by atoms with Crippen LogP contribution < -0.4 is 16.0 Å². The summed E-state index contributed by atoms with van der Waals surface area (Å²) in [4.78, 5) is 65.4. The molecular formula is C28H38N4O6. The summed E-state index contributed by atoms with van der Waals surface area (Å²) in [5.41, 5.74) is 1.25. The molecule has 4 rings (SSSR count). The van der Waals surface area contributed by atoms with E-state index in [1.807, 2.05) is 6.07 Å². The highest BCUT2D eigenvalue weighted by Gasteiger charge is 2.44. The number of hydrogen-bond acceptors (Lipinski definition) is 7. The molecule has 3 N–H and O–H groups in total. The Kier molecular flexibility index (Phi) is 9.14. The molecule has 0 aromatic heterocycles. The van der Waals surface area contributed by atoms with E-state index >= 15 is 0 Å². The molecule has 206 valence electrons. The monoisotopic (exact) mass is 526 g/mol. The minimum absolute atomic E-state index is 0.0112. The van der Waals surface area contributed by atoms with E-state index in [9.17, 15) is 24.0 Å². The number of carbonyl (C=O) groups excluding carboxylic acids is 5. The third kappa shape index (κ3) is 6.40. The number of hydrogen-bond donors (Lipinski definition) is 3. The van der Waals surface area contributed by atoms with Gasteiger partial charge in [-0.05, 0) is 57.7 Å². The summed E-state index contributed by atoms with van der Waals surface area (Å²) >= 11 is 0. The van der Waals surface area contributed by atoms with Crippen LogP contribution in [0.15, 0.2) is 24.3 Å². The molecule has 3 aliphatic rings. The van der Waals surface area contributed by atoms with Crippen molar-refractivity contribution >= 4 is 29.5 Å². The van der Waals surface area contributed by atoms with Gasteiger partial charge in [-0.1, -0.05) is 31.0 Å². The lowest BCUT2D eigenvalue weighted by Gasteiger charge is -2.35. The number of ether oxygens (including phenoxy) is 1. The van der Waals surface area contributed by atoms with Crippen LogP contribution in [-0.2, 0) is 30.5 Å². The smallest absolute Gasteiger partial charge is 0.309 e. The minimum atomic E-state index is -0.644. The Labute approximate surface area is 223 Å². The Morgan fingerprint density at radius 1 is 1.08 bits per heavy atom. The van der Waals surface area contributed by atoms with Gasteiger partial charge < -0.3 is 25.6 Å². The molecule has 0 aliphatic carbocycles. The minimum Gasteiger partial charge on any atom is -0.465 e. The van der Waals surface area contributed by atoms with Crippen molar-refractivity contribution in [2.24, 2.45) is 5.92 Å². The molecule has 5 atom stereocenters. The van der Waals surface area contributed by atoms with Gasteiger partial charge >= 0.3 is 5.97 Å². The van der Waals surface area contributed by atoms with Gasteiger partial charge in [0.2, 0.25) is 17.7 Å². The molecule has 0 spiro atoms. The van der Waals surface area contributed by atoms with Crippen LogP contribution >= 0.6 is 0 Å². The van der Waals surface area contributed by atoms with E-state index in [1.165, 1.54) is 0 Å². The van der Waals surface area contributed by atoms with Crippen LogP contribution in [0.25, 0.3) is 0 Å². The van der Waals surface area contributed by atoms with Crippen molar-refractivity contribution in [1.82, 2.24) is 20.9 Å². The molecule has 3 saturated heterocycles. The number of fused-ring (bicyclic) bond motifs is 1. The topological polar surface area (TPSA) is 134 Å². The molecule has 1 aromatic carbocycles. The molecule has 3 heterocycles. The van der Waals surface area contributed by atoms with E-state index in [-0.39, 0.29) is 48.5 Å². The zero-order valence-electron chi connectivity index (χ0n) is 22.2. The summed E-state index contributed by atoms with van der Waals surface area (Å²) in [6.45, 7) is 2.31. The van der Waals surface area contributed by atoms with Crippen molar-refractivity contribution in [2.75, 3.05) is 13.7 Å². The van der Waals surface area contributed by atoms with Crippen molar-refractivity contribution in [1.29, 1.82) is 0 Å². The van der Waals surface area contributed by atoms with Crippen LogP contribution in [0.2, 0.25) is 0 Å². The number of Topliss-reactive ketones (excluding diaryl/α,β-unsaturated/α-hetero) is 1. The Bertz CT molecular complexity index is 1080. The maximum absolute atomic E-state index is 13.5. The first-order valence-electron chi connectivity index (χ1n) is 13.6. The van der Waals surface area contributed by atoms with Crippen molar-refractivity contribution in [3.05, 3.63) is 35.4 Å². The lowest BCUT2D eigenvalue weighted by atomic mass is 9.96. The zero-order chi connectivity index (χ0) is 27.2. The number of nitrogens with one attached hydrogen (secondary N) is 3. The number of carbonyl (C=O) groups is 5. The van der Waals surface area contributed by atoms with Gasteiger partial charge in [0.05, 0.1) is 18.6 Å². The van der Waals surface area contributed by atoms with Crippen LogP contribution in [0.5, 0.6) is 0 Å². The molecule has 1 aromatic rings. The predicted molar refractivity (Wildman–Crippen MR) is 139 cm³/mol. The third-order valence-electron chi connectivity index (χ3n) is 7.97. The summed E-state index contributed by atoms with van der Waals surface area (Å²) in [5, 5.41) is 8.71. The second-order valence-electron chi connectivity index (χ2n) is 10.5. The highest BCUT2D eigenvalue weighted by Crippen LogP contribution is 2.31. The molecule has 3 aliphatic heterocycles. The van der Waals surface area contributed by atoms with E-state index in [1.54, 1.807) is 37.1 Å². The van der Waals surface area contributed by atoms with Gasteiger partial charge in [0, 0.05) is 24.6 Å². The van der Waals surface area contributed by atoms with Gasteiger partial charge in [0.25, 0.3) is 0 Å². The molecule has 0 unspecified atom stereocenters. The maximum atomic E-state index is 13.5. The summed E-state index contributed by atoms with van der Waals surface area (Å²) in [6, 6.07) is 5.36. The zero-order valence-corrected chi connectivity index (χ0v) is 22.2. The average molecular weight is 527 g/mol. The van der Waals surface area contributed by atoms with Crippen LogP contribution in [0.1, 0.15) is 74.2 Å². The fraction of sp³-hybridized carbons (Fsp3) is 0.607. The molecule has 0 bridgehead atoms. The largest absolute Gasteiger partial charge is 0.465 e. The van der Waals surface area contributed by atoms with Crippen molar-refractivity contribution in [3.63, 3.8) is 0 Å². The Morgan fingerprint density at radius 2 is 1.87 bits per heavy atom. The summed E-state index contributed by atoms with van der Waals surface area (Å²) < 4.78 is 4.95. The molecule has 0 saturated carbocycles. The van der Waals surface area contributed by atoms with Crippen LogP contribution in [0.4, 0.5) is 0 Å². The summed E-state index contributed by atoms with van der Waals surface area (Å²) in [7, 11) is 1.69. The lowest BCUT2D eigenvalue weighted by Crippen LogP contribution is -2.57. The second kappa shape index (κ2) is 12.5. The number of rotatable bonds is 9. The highest BCUT2D eigenvalue weighted by molar-refractivity contribution is 5.98. The molecule has 3 fully saturated rings. The summed E-state index contributed by atoms with van der Waals surface area (Å²) in [6.07, 6.45) is 5.19. The SMILES string of the molecule is CN[C@@H](C)C(=O)N[C@H]1CCCC[C@H]2CC[C@@H](C(=O)NCc3cccc(C(=O)C[C@H]4CCOC4=O)c3)N2C1=O. The summed E-state index contributed by atoms with van der Waals surface area (Å²) in [5.74, 6) is -1.52. The number of cyclic esters (lactones) is 1. The predicted octanol–water partition coefficient (Wildman–Crippen LogP) is 1.47. The van der Waals surface area contributed by atoms with E-state index in [4.69, 9.17) is 4.74 Å². The number of ketones is 1. The number of nitrogens with zero attached hydrogens (tertiary/aromatic N) is 1. The first kappa shape index (κ1) is 27.8. The van der Waals surface area contributed by atoms with Crippen molar-refractivity contribution < 1.29 is 28.7 Å². The Hall–Kier alpha value is -3.27. The maximum Gasteiger partial charge on any atom is 0.309 e. The molecular weight excluding hydrogens is 488 g/mol. The van der Waals surface area contributed by atoms with Crippen molar-refractivity contribution in [3.8, 4) is 0 Å². The molecule has 10 nitrogen and oxygen atoms in total. The van der Waals surface area contributed by atoms with E-state index in [2.05, 4.69) is 16.0 Å². The highest BCUT2D eigenvalue weighted by atomic mass is 16.5. The average Bonchev–Trinajstić information content (AvgIpc) is 3.52. The normalized spacial score (nSPS) is 26.1. The first-order valence-corrected chi connectivity index (χ1v) is 13.6. The van der Waals surface area contributed by atoms with Crippen LogP contribution in [0.3, 0.4) is 0 Å². The van der Waals surface area contributed by atoms with Gasteiger partial charge in [-0.2, -0.15) is 0 Å². The van der Waals surface area contributed by atoms with Gasteiger partial charge in [0.1, 0.15) is 12.1 Å². The van der Waals surface area contributed by atoms with E-state index in [0.717, 1.165) is 31.2 Å². The number of benzene rings is 1. The van der Waals surface area contributed by atoms with E-state index in [0.29, 0.717) is 31.4 Å². The standard InChI is InChI=1S/C28H38N4O6/c1-17(29-2)25(34)31-22-9-4-3-8-21-10-11-23(32(21)27(22)36)26(35)30-16-18-6-5-7-19(14-18)24(33)15-20-12-13-38-28(20)37/h5-7,14,17,20-23,29H,3-4,8-13,15-16H2,1-2H3,(H,30,35)(H,31,34)/t17-,20+,21-,22-,23-/m0/s1. The van der Waals surface area contributed by atoms with Crippen LogP contribution in [-0.4, -0.2) is 72.2 Å². The first-order chi connectivity index (χ1) is 18.3. The molecule has 3 amide bonds. The van der Waals surface area contributed by atoms with Gasteiger partial charge in [-0.15, -0.1) is 0 Å².